The first-order valence-corrected chi connectivity index (χ1v) is 6.48. The Morgan fingerprint density at radius 1 is 1.00 bits per heavy atom. The molecule has 0 fully saturated rings. The van der Waals surface area contributed by atoms with E-state index in [1.807, 2.05) is 25.2 Å². The summed E-state index contributed by atoms with van der Waals surface area (Å²) >= 11 is 3.36. The SMILES string of the molecule is CNc1ccnc2nc(-c3ccc(Br)cn3)cnc12. The predicted octanol–water partition coefficient (Wildman–Crippen LogP) is 2.89. The summed E-state index contributed by atoms with van der Waals surface area (Å²) in [4.78, 5) is 17.5. The van der Waals surface area contributed by atoms with E-state index >= 15 is 0 Å². The third kappa shape index (κ3) is 2.26. The smallest absolute Gasteiger partial charge is 0.180 e. The molecule has 3 heterocycles. The molecule has 19 heavy (non-hydrogen) atoms. The second-order valence-corrected chi connectivity index (χ2v) is 4.81. The summed E-state index contributed by atoms with van der Waals surface area (Å²) < 4.78 is 0.931. The van der Waals surface area contributed by atoms with Gasteiger partial charge in [0.05, 0.1) is 17.6 Å². The van der Waals surface area contributed by atoms with Crippen LogP contribution >= 0.6 is 15.9 Å². The lowest BCUT2D eigenvalue weighted by atomic mass is 10.2. The average Bonchev–Trinajstić information content (AvgIpc) is 2.47. The monoisotopic (exact) mass is 315 g/mol. The van der Waals surface area contributed by atoms with E-state index in [0.29, 0.717) is 11.3 Å². The van der Waals surface area contributed by atoms with Crippen molar-refractivity contribution in [2.24, 2.45) is 0 Å². The number of hydrogen-bond donors (Lipinski definition) is 1. The van der Waals surface area contributed by atoms with E-state index in [1.54, 1.807) is 18.6 Å². The minimum atomic E-state index is 0.606. The number of anilines is 1. The van der Waals surface area contributed by atoms with Crippen molar-refractivity contribution in [1.82, 2.24) is 19.9 Å². The second-order valence-electron chi connectivity index (χ2n) is 3.90. The van der Waals surface area contributed by atoms with Gasteiger partial charge >= 0.3 is 0 Å². The Morgan fingerprint density at radius 2 is 1.89 bits per heavy atom. The average molecular weight is 316 g/mol. The van der Waals surface area contributed by atoms with Crippen molar-refractivity contribution in [1.29, 1.82) is 0 Å². The summed E-state index contributed by atoms with van der Waals surface area (Å²) in [5.41, 5.74) is 3.75. The predicted molar refractivity (Wildman–Crippen MR) is 77.8 cm³/mol. The van der Waals surface area contributed by atoms with Crippen molar-refractivity contribution in [3.05, 3.63) is 41.3 Å². The van der Waals surface area contributed by atoms with E-state index in [2.05, 4.69) is 41.2 Å². The Morgan fingerprint density at radius 3 is 2.63 bits per heavy atom. The van der Waals surface area contributed by atoms with Crippen molar-refractivity contribution < 1.29 is 0 Å². The molecule has 6 heteroatoms. The van der Waals surface area contributed by atoms with Gasteiger partial charge < -0.3 is 5.32 Å². The molecule has 0 unspecified atom stereocenters. The number of pyridine rings is 2. The molecule has 0 aliphatic heterocycles. The van der Waals surface area contributed by atoms with Gasteiger partial charge in [-0.05, 0) is 34.1 Å². The van der Waals surface area contributed by atoms with Gasteiger partial charge in [0.2, 0.25) is 0 Å². The molecule has 0 radical (unpaired) electrons. The van der Waals surface area contributed by atoms with E-state index in [1.165, 1.54) is 0 Å². The fourth-order valence-corrected chi connectivity index (χ4v) is 2.01. The summed E-state index contributed by atoms with van der Waals surface area (Å²) in [6.45, 7) is 0. The van der Waals surface area contributed by atoms with Crippen LogP contribution in [-0.4, -0.2) is 27.0 Å². The second kappa shape index (κ2) is 4.89. The van der Waals surface area contributed by atoms with Crippen molar-refractivity contribution >= 4 is 32.8 Å². The van der Waals surface area contributed by atoms with Crippen LogP contribution in [0.2, 0.25) is 0 Å². The van der Waals surface area contributed by atoms with Gasteiger partial charge in [-0.25, -0.2) is 15.0 Å². The van der Waals surface area contributed by atoms with Crippen molar-refractivity contribution in [2.45, 2.75) is 0 Å². The van der Waals surface area contributed by atoms with Gasteiger partial charge in [-0.15, -0.1) is 0 Å². The van der Waals surface area contributed by atoms with Crippen LogP contribution in [0, 0.1) is 0 Å². The molecule has 0 saturated carbocycles. The molecular formula is C13H10BrN5. The Bertz CT molecular complexity index is 727. The van der Waals surface area contributed by atoms with Crippen LogP contribution in [0.25, 0.3) is 22.6 Å². The minimum absolute atomic E-state index is 0.606. The number of nitrogens with one attached hydrogen (secondary N) is 1. The van der Waals surface area contributed by atoms with E-state index in [9.17, 15) is 0 Å². The zero-order valence-electron chi connectivity index (χ0n) is 10.1. The lowest BCUT2D eigenvalue weighted by molar-refractivity contribution is 1.19. The summed E-state index contributed by atoms with van der Waals surface area (Å²) in [6.07, 6.45) is 5.15. The van der Waals surface area contributed by atoms with Crippen LogP contribution in [0.15, 0.2) is 41.3 Å². The largest absolute Gasteiger partial charge is 0.386 e. The van der Waals surface area contributed by atoms with Gasteiger partial charge in [-0.2, -0.15) is 0 Å². The standard InChI is InChI=1S/C13H10BrN5/c1-15-10-4-5-16-13-12(10)18-7-11(19-13)9-3-2-8(14)6-17-9/h2-7H,1H3,(H,15,16,19). The van der Waals surface area contributed by atoms with Gasteiger partial charge in [0.15, 0.2) is 5.65 Å². The fraction of sp³-hybridized carbons (Fsp3) is 0.0769. The normalized spacial score (nSPS) is 10.6. The molecular weight excluding hydrogens is 306 g/mol. The highest BCUT2D eigenvalue weighted by atomic mass is 79.9. The Kier molecular flexibility index (Phi) is 3.08. The van der Waals surface area contributed by atoms with Crippen LogP contribution in [0.4, 0.5) is 5.69 Å². The zero-order chi connectivity index (χ0) is 13.2. The first-order chi connectivity index (χ1) is 9.28. The maximum absolute atomic E-state index is 4.49. The Balaban J connectivity index is 2.14. The quantitative estimate of drug-likeness (QED) is 0.787. The molecule has 0 aliphatic rings. The van der Waals surface area contributed by atoms with Gasteiger partial charge in [0.25, 0.3) is 0 Å². The molecule has 0 aromatic carbocycles. The summed E-state index contributed by atoms with van der Waals surface area (Å²) in [6, 6.07) is 5.68. The maximum atomic E-state index is 4.49. The van der Waals surface area contributed by atoms with E-state index in [0.717, 1.165) is 21.4 Å². The third-order valence-electron chi connectivity index (χ3n) is 2.71. The van der Waals surface area contributed by atoms with Gasteiger partial charge in [0.1, 0.15) is 11.2 Å². The number of nitrogens with zero attached hydrogens (tertiary/aromatic N) is 4. The van der Waals surface area contributed by atoms with E-state index in [4.69, 9.17) is 0 Å². The van der Waals surface area contributed by atoms with Crippen molar-refractivity contribution in [2.75, 3.05) is 12.4 Å². The molecule has 0 amide bonds. The lowest BCUT2D eigenvalue weighted by Crippen LogP contribution is -1.96. The Labute approximate surface area is 118 Å². The first-order valence-electron chi connectivity index (χ1n) is 5.69. The maximum Gasteiger partial charge on any atom is 0.180 e. The number of halogens is 1. The molecule has 1 N–H and O–H groups in total. The van der Waals surface area contributed by atoms with Crippen LogP contribution in [0.1, 0.15) is 0 Å². The number of fused-ring (bicyclic) bond motifs is 1. The van der Waals surface area contributed by atoms with Crippen molar-refractivity contribution in [3.63, 3.8) is 0 Å². The molecule has 0 spiro atoms. The topological polar surface area (TPSA) is 63.6 Å². The highest BCUT2D eigenvalue weighted by Gasteiger charge is 2.07. The molecule has 3 rings (SSSR count). The fourth-order valence-electron chi connectivity index (χ4n) is 1.77. The number of aromatic nitrogens is 4. The third-order valence-corrected chi connectivity index (χ3v) is 3.18. The lowest BCUT2D eigenvalue weighted by Gasteiger charge is -2.05. The summed E-state index contributed by atoms with van der Waals surface area (Å²) in [5.74, 6) is 0. The van der Waals surface area contributed by atoms with E-state index < -0.39 is 0 Å². The summed E-state index contributed by atoms with van der Waals surface area (Å²) in [7, 11) is 1.85. The molecule has 0 bridgehead atoms. The minimum Gasteiger partial charge on any atom is -0.386 e. The van der Waals surface area contributed by atoms with Crippen LogP contribution in [-0.2, 0) is 0 Å². The molecule has 3 aromatic rings. The number of rotatable bonds is 2. The van der Waals surface area contributed by atoms with Gasteiger partial charge in [-0.1, -0.05) is 0 Å². The van der Waals surface area contributed by atoms with E-state index in [-0.39, 0.29) is 0 Å². The molecule has 94 valence electrons. The highest BCUT2D eigenvalue weighted by molar-refractivity contribution is 9.10. The van der Waals surface area contributed by atoms with Crippen LogP contribution in [0.5, 0.6) is 0 Å². The number of hydrogen-bond acceptors (Lipinski definition) is 5. The highest BCUT2D eigenvalue weighted by Crippen LogP contribution is 2.21. The van der Waals surface area contributed by atoms with Gasteiger partial charge in [0, 0.05) is 23.9 Å². The van der Waals surface area contributed by atoms with Gasteiger partial charge in [-0.3, -0.25) is 4.98 Å². The molecule has 0 aliphatic carbocycles. The molecule has 0 atom stereocenters. The van der Waals surface area contributed by atoms with Crippen LogP contribution < -0.4 is 5.32 Å². The van der Waals surface area contributed by atoms with Crippen LogP contribution in [0.3, 0.4) is 0 Å². The zero-order valence-corrected chi connectivity index (χ0v) is 11.7. The summed E-state index contributed by atoms with van der Waals surface area (Å²) in [5, 5.41) is 3.07. The van der Waals surface area contributed by atoms with Crippen molar-refractivity contribution in [3.8, 4) is 11.4 Å². The first kappa shape index (κ1) is 12.0. The molecule has 0 saturated heterocycles. The molecule has 3 aromatic heterocycles. The Hall–Kier alpha value is -2.08. The molecule has 5 nitrogen and oxygen atoms in total.